The summed E-state index contributed by atoms with van der Waals surface area (Å²) >= 11 is 11.7. The van der Waals surface area contributed by atoms with Gasteiger partial charge in [-0.2, -0.15) is 10.2 Å². The first-order valence-electron chi connectivity index (χ1n) is 7.02. The van der Waals surface area contributed by atoms with Crippen molar-refractivity contribution in [1.82, 2.24) is 15.6 Å². The summed E-state index contributed by atoms with van der Waals surface area (Å²) in [6.07, 6.45) is 1.53. The molecule has 0 unspecified atom stereocenters. The molecule has 1 aromatic heterocycles. The highest BCUT2D eigenvalue weighted by molar-refractivity contribution is 6.30. The van der Waals surface area contributed by atoms with E-state index in [1.165, 1.54) is 6.21 Å². The van der Waals surface area contributed by atoms with Crippen molar-refractivity contribution in [1.29, 1.82) is 0 Å². The fourth-order valence-electron chi connectivity index (χ4n) is 1.98. The monoisotopic (exact) mass is 358 g/mol. The molecule has 0 bridgehead atoms. The van der Waals surface area contributed by atoms with Crippen LogP contribution in [-0.4, -0.2) is 22.3 Å². The van der Waals surface area contributed by atoms with Crippen LogP contribution in [-0.2, 0) is 0 Å². The van der Waals surface area contributed by atoms with Gasteiger partial charge in [0.05, 0.1) is 11.9 Å². The molecule has 0 saturated carbocycles. The first kappa shape index (κ1) is 16.2. The van der Waals surface area contributed by atoms with Crippen molar-refractivity contribution >= 4 is 35.3 Å². The predicted molar refractivity (Wildman–Crippen MR) is 95.5 cm³/mol. The van der Waals surface area contributed by atoms with Crippen LogP contribution in [0.2, 0.25) is 10.0 Å². The number of nitrogens with one attached hydrogen (secondary N) is 2. The predicted octanol–water partition coefficient (Wildman–Crippen LogP) is 4.15. The minimum atomic E-state index is -0.382. The van der Waals surface area contributed by atoms with E-state index in [9.17, 15) is 4.79 Å². The Balaban J connectivity index is 1.65. The molecule has 0 radical (unpaired) electrons. The average Bonchev–Trinajstić information content (AvgIpc) is 3.07. The van der Waals surface area contributed by atoms with Crippen molar-refractivity contribution in [3.8, 4) is 11.3 Å². The van der Waals surface area contributed by atoms with E-state index in [4.69, 9.17) is 23.2 Å². The lowest BCUT2D eigenvalue weighted by Crippen LogP contribution is -2.17. The molecule has 0 saturated heterocycles. The van der Waals surface area contributed by atoms with Crippen molar-refractivity contribution in [2.45, 2.75) is 0 Å². The molecule has 2 aromatic carbocycles. The Bertz CT molecular complexity index is 870. The molecule has 120 valence electrons. The highest BCUT2D eigenvalue weighted by Gasteiger charge is 2.10. The number of carbonyl (C=O) groups is 1. The molecule has 0 aliphatic carbocycles. The Kier molecular flexibility index (Phi) is 4.93. The normalized spacial score (nSPS) is 10.9. The topological polar surface area (TPSA) is 70.1 Å². The number of aromatic amines is 1. The zero-order chi connectivity index (χ0) is 16.9. The van der Waals surface area contributed by atoms with Crippen LogP contribution in [0, 0.1) is 0 Å². The number of carbonyl (C=O) groups excluding carboxylic acids is 1. The molecule has 0 fully saturated rings. The Hall–Kier alpha value is -2.63. The molecule has 2 N–H and O–H groups in total. The van der Waals surface area contributed by atoms with Gasteiger partial charge >= 0.3 is 0 Å². The van der Waals surface area contributed by atoms with Gasteiger partial charge in [-0.25, -0.2) is 5.43 Å². The third-order valence-corrected chi connectivity index (χ3v) is 3.72. The van der Waals surface area contributed by atoms with Crippen LogP contribution >= 0.6 is 23.2 Å². The zero-order valence-corrected chi connectivity index (χ0v) is 13.8. The van der Waals surface area contributed by atoms with E-state index in [0.29, 0.717) is 21.4 Å². The van der Waals surface area contributed by atoms with Gasteiger partial charge in [0, 0.05) is 15.6 Å². The highest BCUT2D eigenvalue weighted by Crippen LogP contribution is 2.20. The van der Waals surface area contributed by atoms with Gasteiger partial charge in [-0.3, -0.25) is 9.89 Å². The van der Waals surface area contributed by atoms with Crippen LogP contribution in [0.3, 0.4) is 0 Å². The standard InChI is InChI=1S/C17H12Cl2N4O/c18-13-5-1-11(2-6-13)10-20-23-17(24)16-9-15(21-22-16)12-3-7-14(19)8-4-12/h1-10H,(H,21,22)(H,23,24). The quantitative estimate of drug-likeness (QED) is 0.543. The fourth-order valence-corrected chi connectivity index (χ4v) is 2.23. The smallest absolute Gasteiger partial charge is 0.272 e. The number of hydrogen-bond donors (Lipinski definition) is 2. The van der Waals surface area contributed by atoms with Gasteiger partial charge in [-0.1, -0.05) is 47.5 Å². The van der Waals surface area contributed by atoms with Gasteiger partial charge in [0.1, 0.15) is 5.69 Å². The molecular weight excluding hydrogens is 347 g/mol. The minimum Gasteiger partial charge on any atom is -0.272 e. The molecule has 3 rings (SSSR count). The Labute approximate surface area is 148 Å². The van der Waals surface area contributed by atoms with E-state index in [1.54, 1.807) is 42.5 Å². The summed E-state index contributed by atoms with van der Waals surface area (Å²) in [6.45, 7) is 0. The summed E-state index contributed by atoms with van der Waals surface area (Å²) < 4.78 is 0. The maximum atomic E-state index is 12.0. The second-order valence-corrected chi connectivity index (χ2v) is 5.80. The number of amides is 1. The van der Waals surface area contributed by atoms with Crippen molar-refractivity contribution in [2.75, 3.05) is 0 Å². The summed E-state index contributed by atoms with van der Waals surface area (Å²) in [7, 11) is 0. The largest absolute Gasteiger partial charge is 0.289 e. The average molecular weight is 359 g/mol. The van der Waals surface area contributed by atoms with Crippen LogP contribution in [0.5, 0.6) is 0 Å². The van der Waals surface area contributed by atoms with Crippen molar-refractivity contribution in [3.63, 3.8) is 0 Å². The molecule has 1 heterocycles. The Morgan fingerprint density at radius 2 is 1.67 bits per heavy atom. The van der Waals surface area contributed by atoms with Gasteiger partial charge in [-0.05, 0) is 35.9 Å². The van der Waals surface area contributed by atoms with Crippen LogP contribution in [0.25, 0.3) is 11.3 Å². The molecule has 7 heteroatoms. The number of hydrogen-bond acceptors (Lipinski definition) is 3. The molecule has 0 atom stereocenters. The second-order valence-electron chi connectivity index (χ2n) is 4.92. The lowest BCUT2D eigenvalue weighted by Gasteiger charge is -1.96. The van der Waals surface area contributed by atoms with Gasteiger partial charge in [0.2, 0.25) is 0 Å². The molecule has 0 aliphatic heterocycles. The summed E-state index contributed by atoms with van der Waals surface area (Å²) in [5.41, 5.74) is 5.09. The Morgan fingerprint density at radius 3 is 2.33 bits per heavy atom. The van der Waals surface area contributed by atoms with Crippen LogP contribution < -0.4 is 5.43 Å². The van der Waals surface area contributed by atoms with E-state index >= 15 is 0 Å². The fraction of sp³-hybridized carbons (Fsp3) is 0. The van der Waals surface area contributed by atoms with Crippen molar-refractivity contribution in [3.05, 3.63) is 75.9 Å². The van der Waals surface area contributed by atoms with Gasteiger partial charge in [-0.15, -0.1) is 0 Å². The number of halogens is 2. The van der Waals surface area contributed by atoms with Crippen LogP contribution in [0.15, 0.2) is 59.7 Å². The second kappa shape index (κ2) is 7.29. The number of hydrazone groups is 1. The van der Waals surface area contributed by atoms with Crippen LogP contribution in [0.1, 0.15) is 16.1 Å². The van der Waals surface area contributed by atoms with E-state index < -0.39 is 0 Å². The zero-order valence-electron chi connectivity index (χ0n) is 12.3. The number of benzene rings is 2. The molecule has 0 aliphatic rings. The molecule has 0 spiro atoms. The third kappa shape index (κ3) is 4.01. The molecular formula is C17H12Cl2N4O. The summed E-state index contributed by atoms with van der Waals surface area (Å²) in [6, 6.07) is 15.9. The summed E-state index contributed by atoms with van der Waals surface area (Å²) in [5.74, 6) is -0.382. The maximum Gasteiger partial charge on any atom is 0.289 e. The third-order valence-electron chi connectivity index (χ3n) is 3.21. The van der Waals surface area contributed by atoms with Crippen LogP contribution in [0.4, 0.5) is 0 Å². The molecule has 24 heavy (non-hydrogen) atoms. The van der Waals surface area contributed by atoms with Crippen molar-refractivity contribution in [2.24, 2.45) is 5.10 Å². The number of rotatable bonds is 4. The number of aromatic nitrogens is 2. The van der Waals surface area contributed by atoms with Gasteiger partial charge in [0.15, 0.2) is 0 Å². The lowest BCUT2D eigenvalue weighted by molar-refractivity contribution is 0.0950. The minimum absolute atomic E-state index is 0.313. The molecule has 1 amide bonds. The van der Waals surface area contributed by atoms with Gasteiger partial charge in [0.25, 0.3) is 5.91 Å². The first-order valence-corrected chi connectivity index (χ1v) is 7.78. The molecule has 3 aromatic rings. The van der Waals surface area contributed by atoms with E-state index in [1.807, 2.05) is 12.1 Å². The van der Waals surface area contributed by atoms with Crippen molar-refractivity contribution < 1.29 is 4.79 Å². The van der Waals surface area contributed by atoms with E-state index in [-0.39, 0.29) is 5.91 Å². The van der Waals surface area contributed by atoms with E-state index in [2.05, 4.69) is 20.7 Å². The summed E-state index contributed by atoms with van der Waals surface area (Å²) in [4.78, 5) is 12.0. The number of H-pyrrole nitrogens is 1. The SMILES string of the molecule is O=C(NN=Cc1ccc(Cl)cc1)c1cc(-c2ccc(Cl)cc2)n[nH]1. The summed E-state index contributed by atoms with van der Waals surface area (Å²) in [5, 5.41) is 12.0. The van der Waals surface area contributed by atoms with E-state index in [0.717, 1.165) is 11.1 Å². The van der Waals surface area contributed by atoms with Gasteiger partial charge < -0.3 is 0 Å². The Morgan fingerprint density at radius 1 is 1.04 bits per heavy atom. The molecule has 5 nitrogen and oxygen atoms in total. The lowest BCUT2D eigenvalue weighted by atomic mass is 10.1. The highest BCUT2D eigenvalue weighted by atomic mass is 35.5. The number of nitrogens with zero attached hydrogens (tertiary/aromatic N) is 2. The first-order chi connectivity index (χ1) is 11.6. The maximum absolute atomic E-state index is 12.0.